The number of aromatic nitrogens is 1. The molecule has 0 atom stereocenters. The molecule has 3 aromatic rings. The Bertz CT molecular complexity index is 1640. The van der Waals surface area contributed by atoms with E-state index in [0.717, 1.165) is 30.5 Å². The second-order valence-electron chi connectivity index (χ2n) is 8.61. The zero-order chi connectivity index (χ0) is 30.5. The zero-order valence-electron chi connectivity index (χ0n) is 22.0. The number of pyridine rings is 1. The molecule has 3 rings (SSSR count). The van der Waals surface area contributed by atoms with Crippen molar-refractivity contribution in [3.05, 3.63) is 99.0 Å². The molecule has 2 aromatic carbocycles. The second-order valence-corrected chi connectivity index (χ2v) is 10.5. The molecule has 0 saturated carbocycles. The maximum atomic E-state index is 13.6. The third-order valence-electron chi connectivity index (χ3n) is 5.70. The molecule has 0 fully saturated rings. The molecule has 0 bridgehead atoms. The number of benzene rings is 2. The average molecular weight is 595 g/mol. The summed E-state index contributed by atoms with van der Waals surface area (Å²) in [6.45, 7) is 2.24. The number of sulfonamides is 1. The van der Waals surface area contributed by atoms with Crippen LogP contribution in [0.25, 0.3) is 5.69 Å². The fourth-order valence-electron chi connectivity index (χ4n) is 3.78. The summed E-state index contributed by atoms with van der Waals surface area (Å²) < 4.78 is 71.3. The molecule has 0 aliphatic heterocycles. The molecule has 1 aromatic heterocycles. The van der Waals surface area contributed by atoms with Crippen molar-refractivity contribution in [2.45, 2.75) is 26.6 Å². The maximum Gasteiger partial charge on any atom is 0.426 e. The van der Waals surface area contributed by atoms with Crippen LogP contribution in [0.1, 0.15) is 44.5 Å². The van der Waals surface area contributed by atoms with Crippen molar-refractivity contribution in [2.75, 3.05) is 12.9 Å². The zero-order valence-corrected chi connectivity index (χ0v) is 22.8. The SMILES string of the molecule is CCOC(=O)NNC(=O)c1cc(C(=O)N(Cc2ccccc2)S(C)(=O)=O)c(=O)n(-c2cccc(C(F)(F)F)c2)c1C. The molecule has 0 unspecified atom stereocenters. The number of alkyl halides is 3. The van der Waals surface area contributed by atoms with Crippen LogP contribution in [0, 0.1) is 6.92 Å². The maximum absolute atomic E-state index is 13.6. The van der Waals surface area contributed by atoms with Crippen LogP contribution in [0.5, 0.6) is 0 Å². The normalized spacial score (nSPS) is 11.5. The Kier molecular flexibility index (Phi) is 9.22. The molecule has 11 nitrogen and oxygen atoms in total. The van der Waals surface area contributed by atoms with Crippen LogP contribution in [0.4, 0.5) is 18.0 Å². The van der Waals surface area contributed by atoms with E-state index in [2.05, 4.69) is 4.74 Å². The summed E-state index contributed by atoms with van der Waals surface area (Å²) >= 11 is 0. The topological polar surface area (TPSA) is 144 Å². The van der Waals surface area contributed by atoms with Crippen LogP contribution in [0.2, 0.25) is 0 Å². The van der Waals surface area contributed by atoms with Gasteiger partial charge in [0.1, 0.15) is 5.56 Å². The van der Waals surface area contributed by atoms with Crippen molar-refractivity contribution in [1.29, 1.82) is 0 Å². The van der Waals surface area contributed by atoms with Crippen molar-refractivity contribution in [2.24, 2.45) is 0 Å². The van der Waals surface area contributed by atoms with Gasteiger partial charge < -0.3 is 4.74 Å². The molecule has 0 aliphatic rings. The number of halogens is 3. The first-order valence-electron chi connectivity index (χ1n) is 11.9. The van der Waals surface area contributed by atoms with E-state index in [1.165, 1.54) is 13.8 Å². The number of rotatable bonds is 7. The number of nitrogens with one attached hydrogen (secondary N) is 2. The van der Waals surface area contributed by atoms with Gasteiger partial charge in [-0.25, -0.2) is 22.9 Å². The molecule has 0 aliphatic carbocycles. The minimum Gasteiger partial charge on any atom is -0.449 e. The van der Waals surface area contributed by atoms with E-state index >= 15 is 0 Å². The van der Waals surface area contributed by atoms with E-state index in [0.29, 0.717) is 20.5 Å². The van der Waals surface area contributed by atoms with Gasteiger partial charge in [-0.2, -0.15) is 13.2 Å². The molecule has 1 heterocycles. The van der Waals surface area contributed by atoms with Gasteiger partial charge in [0, 0.05) is 11.4 Å². The first-order chi connectivity index (χ1) is 19.1. The third kappa shape index (κ3) is 7.30. The summed E-state index contributed by atoms with van der Waals surface area (Å²) in [7, 11) is -4.29. The van der Waals surface area contributed by atoms with Crippen LogP contribution in [-0.2, 0) is 27.5 Å². The monoisotopic (exact) mass is 594 g/mol. The smallest absolute Gasteiger partial charge is 0.426 e. The van der Waals surface area contributed by atoms with Gasteiger partial charge in [-0.05, 0) is 43.7 Å². The molecule has 15 heteroatoms. The third-order valence-corrected chi connectivity index (χ3v) is 6.80. The lowest BCUT2D eigenvalue weighted by Crippen LogP contribution is -2.44. The number of hydrogen-bond acceptors (Lipinski definition) is 7. The summed E-state index contributed by atoms with van der Waals surface area (Å²) in [6.07, 6.45) is -5.08. The Hall–Kier alpha value is -4.66. The van der Waals surface area contributed by atoms with Crippen LogP contribution >= 0.6 is 0 Å². The fourth-order valence-corrected chi connectivity index (χ4v) is 4.57. The Morgan fingerprint density at radius 3 is 2.22 bits per heavy atom. The Morgan fingerprint density at radius 1 is 0.976 bits per heavy atom. The molecule has 2 N–H and O–H groups in total. The first-order valence-corrected chi connectivity index (χ1v) is 13.7. The fraction of sp³-hybridized carbons (Fsp3) is 0.231. The summed E-state index contributed by atoms with van der Waals surface area (Å²) in [6, 6.07) is 12.4. The van der Waals surface area contributed by atoms with Gasteiger partial charge in [-0.3, -0.25) is 24.4 Å². The van der Waals surface area contributed by atoms with Gasteiger partial charge in [0.2, 0.25) is 10.0 Å². The van der Waals surface area contributed by atoms with Crippen LogP contribution < -0.4 is 16.4 Å². The van der Waals surface area contributed by atoms with Crippen LogP contribution in [0.3, 0.4) is 0 Å². The van der Waals surface area contributed by atoms with E-state index in [-0.39, 0.29) is 18.0 Å². The van der Waals surface area contributed by atoms with Gasteiger partial charge in [0.05, 0.1) is 30.5 Å². The lowest BCUT2D eigenvalue weighted by atomic mass is 10.1. The van der Waals surface area contributed by atoms with E-state index < -0.39 is 62.9 Å². The summed E-state index contributed by atoms with van der Waals surface area (Å²) in [5, 5.41) is 0. The molecular formula is C26H25F3N4O7S. The molecule has 3 amide bonds. The lowest BCUT2D eigenvalue weighted by molar-refractivity contribution is -0.137. The molecule has 0 saturated heterocycles. The van der Waals surface area contributed by atoms with E-state index in [4.69, 9.17) is 0 Å². The summed E-state index contributed by atoms with van der Waals surface area (Å²) in [5.41, 5.74) is 0.278. The Labute approximate surface area is 232 Å². The largest absolute Gasteiger partial charge is 0.449 e. The first kappa shape index (κ1) is 30.9. The van der Waals surface area contributed by atoms with E-state index in [9.17, 15) is 40.8 Å². The average Bonchev–Trinajstić information content (AvgIpc) is 2.90. The molecule has 41 heavy (non-hydrogen) atoms. The Balaban J connectivity index is 2.24. The summed E-state index contributed by atoms with van der Waals surface area (Å²) in [5.74, 6) is -2.39. The quantitative estimate of drug-likeness (QED) is 0.400. The minimum atomic E-state index is -4.78. The lowest BCUT2D eigenvalue weighted by Gasteiger charge is -2.22. The van der Waals surface area contributed by atoms with E-state index in [1.54, 1.807) is 30.3 Å². The molecule has 0 radical (unpaired) electrons. The number of hydrazine groups is 1. The molecule has 218 valence electrons. The second kappa shape index (κ2) is 12.2. The van der Waals surface area contributed by atoms with E-state index in [1.807, 2.05) is 10.9 Å². The highest BCUT2D eigenvalue weighted by molar-refractivity contribution is 7.88. The van der Waals surface area contributed by atoms with Gasteiger partial charge in [0.15, 0.2) is 0 Å². The predicted octanol–water partition coefficient (Wildman–Crippen LogP) is 3.16. The highest BCUT2D eigenvalue weighted by Gasteiger charge is 2.32. The van der Waals surface area contributed by atoms with Gasteiger partial charge >= 0.3 is 12.3 Å². The standard InChI is InChI=1S/C26H25F3N4O7S/c1-4-40-25(37)31-30-22(34)20-14-21(23(35)32(41(3,38)39)15-17-9-6-5-7-10-17)24(36)33(16(20)2)19-12-8-11-18(13-19)26(27,28)29/h5-14H,4,15H2,1-3H3,(H,30,34)(H,31,37). The number of hydrogen-bond donors (Lipinski definition) is 2. The van der Waals surface area contributed by atoms with Crippen LogP contribution in [-0.4, -0.2) is 48.1 Å². The molecular weight excluding hydrogens is 569 g/mol. The van der Waals surface area contributed by atoms with Gasteiger partial charge in [-0.15, -0.1) is 0 Å². The van der Waals surface area contributed by atoms with Crippen molar-refractivity contribution in [1.82, 2.24) is 19.7 Å². The number of nitrogens with zero attached hydrogens (tertiary/aromatic N) is 2. The minimum absolute atomic E-state index is 0.0253. The van der Waals surface area contributed by atoms with Crippen molar-refractivity contribution in [3.8, 4) is 5.69 Å². The number of ether oxygens (including phenoxy) is 1. The van der Waals surface area contributed by atoms with Crippen molar-refractivity contribution >= 4 is 27.9 Å². The predicted molar refractivity (Wildman–Crippen MR) is 141 cm³/mol. The Morgan fingerprint density at radius 2 is 1.63 bits per heavy atom. The summed E-state index contributed by atoms with van der Waals surface area (Å²) in [4.78, 5) is 51.9. The van der Waals surface area contributed by atoms with Crippen LogP contribution in [0.15, 0.2) is 65.5 Å². The van der Waals surface area contributed by atoms with Crippen molar-refractivity contribution < 1.29 is 40.7 Å². The number of carbonyl (C=O) groups excluding carboxylic acids is 3. The van der Waals surface area contributed by atoms with Gasteiger partial charge in [-0.1, -0.05) is 36.4 Å². The van der Waals surface area contributed by atoms with Gasteiger partial charge in [0.25, 0.3) is 17.4 Å². The number of amides is 3. The number of carbonyl (C=O) groups is 3. The highest BCUT2D eigenvalue weighted by Crippen LogP contribution is 2.30. The highest BCUT2D eigenvalue weighted by atomic mass is 32.2. The van der Waals surface area contributed by atoms with Crippen molar-refractivity contribution in [3.63, 3.8) is 0 Å². The molecule has 0 spiro atoms.